The van der Waals surface area contributed by atoms with Crippen LogP contribution in [0.2, 0.25) is 0 Å². The van der Waals surface area contributed by atoms with Gasteiger partial charge >= 0.3 is 0 Å². The van der Waals surface area contributed by atoms with Gasteiger partial charge in [0.25, 0.3) is 0 Å². The molecule has 0 radical (unpaired) electrons. The third-order valence-electron chi connectivity index (χ3n) is 4.19. The van der Waals surface area contributed by atoms with Crippen LogP contribution in [0.5, 0.6) is 0 Å². The van der Waals surface area contributed by atoms with Crippen LogP contribution in [0.3, 0.4) is 0 Å². The van der Waals surface area contributed by atoms with Gasteiger partial charge in [-0.2, -0.15) is 0 Å². The molecular formula is C16H22N4O. The number of hydrogen-bond donors (Lipinski definition) is 3. The van der Waals surface area contributed by atoms with Crippen LogP contribution in [0.4, 0.5) is 0 Å². The highest BCUT2D eigenvalue weighted by molar-refractivity contribution is 5.86. The Morgan fingerprint density at radius 2 is 2.33 bits per heavy atom. The molecule has 5 nitrogen and oxygen atoms in total. The van der Waals surface area contributed by atoms with Crippen molar-refractivity contribution in [3.8, 4) is 0 Å². The van der Waals surface area contributed by atoms with Gasteiger partial charge in [0, 0.05) is 29.7 Å². The van der Waals surface area contributed by atoms with Crippen molar-refractivity contribution in [2.45, 2.75) is 24.9 Å². The molecule has 21 heavy (non-hydrogen) atoms. The number of hydrogen-bond acceptors (Lipinski definition) is 3. The number of aromatic nitrogens is 1. The lowest BCUT2D eigenvalue weighted by molar-refractivity contribution is -0.122. The Kier molecular flexibility index (Phi) is 3.94. The fourth-order valence-electron chi connectivity index (χ4n) is 2.99. The summed E-state index contributed by atoms with van der Waals surface area (Å²) in [5, 5.41) is 4.19. The van der Waals surface area contributed by atoms with Crippen molar-refractivity contribution in [2.24, 2.45) is 5.73 Å². The maximum absolute atomic E-state index is 12.2. The number of likely N-dealkylation sites (tertiary alicyclic amines) is 1. The number of carbonyl (C=O) groups excluding carboxylic acids is 1. The fraction of sp³-hybridized carbons (Fsp3) is 0.438. The first-order valence-corrected chi connectivity index (χ1v) is 7.43. The van der Waals surface area contributed by atoms with Crippen LogP contribution in [0.25, 0.3) is 10.9 Å². The predicted octanol–water partition coefficient (Wildman–Crippen LogP) is 0.858. The first-order chi connectivity index (χ1) is 10.1. The summed E-state index contributed by atoms with van der Waals surface area (Å²) in [6.07, 6.45) is 3.50. The normalized spacial score (nSPS) is 20.8. The van der Waals surface area contributed by atoms with Crippen molar-refractivity contribution in [1.82, 2.24) is 15.2 Å². The topological polar surface area (TPSA) is 74.2 Å². The van der Waals surface area contributed by atoms with E-state index in [-0.39, 0.29) is 11.9 Å². The maximum atomic E-state index is 12.2. The molecule has 2 heterocycles. The van der Waals surface area contributed by atoms with Gasteiger partial charge in [-0.15, -0.1) is 0 Å². The molecule has 0 aliphatic carbocycles. The number of H-pyrrole nitrogens is 1. The molecule has 1 amide bonds. The third-order valence-corrected chi connectivity index (χ3v) is 4.19. The number of carbonyl (C=O) groups is 1. The Morgan fingerprint density at radius 1 is 1.52 bits per heavy atom. The molecule has 2 atom stereocenters. The van der Waals surface area contributed by atoms with E-state index in [1.807, 2.05) is 24.4 Å². The number of benzene rings is 1. The van der Waals surface area contributed by atoms with E-state index >= 15 is 0 Å². The lowest BCUT2D eigenvalue weighted by Crippen LogP contribution is -2.47. The summed E-state index contributed by atoms with van der Waals surface area (Å²) in [5.41, 5.74) is 8.25. The van der Waals surface area contributed by atoms with E-state index < -0.39 is 6.04 Å². The summed E-state index contributed by atoms with van der Waals surface area (Å²) in [5.74, 6) is -0.0550. The van der Waals surface area contributed by atoms with Crippen molar-refractivity contribution < 1.29 is 4.79 Å². The fourth-order valence-corrected chi connectivity index (χ4v) is 2.99. The van der Waals surface area contributed by atoms with E-state index in [0.29, 0.717) is 6.42 Å². The van der Waals surface area contributed by atoms with Gasteiger partial charge in [-0.05, 0) is 38.1 Å². The van der Waals surface area contributed by atoms with Gasteiger partial charge in [0.05, 0.1) is 6.04 Å². The molecular weight excluding hydrogens is 264 g/mol. The van der Waals surface area contributed by atoms with Crippen LogP contribution in [0.15, 0.2) is 30.5 Å². The average Bonchev–Trinajstić information content (AvgIpc) is 3.06. The number of para-hydroxylation sites is 1. The number of likely N-dealkylation sites (N-methyl/N-ethyl adjacent to an activating group) is 1. The zero-order valence-electron chi connectivity index (χ0n) is 12.3. The maximum Gasteiger partial charge on any atom is 0.237 e. The number of nitrogens with one attached hydrogen (secondary N) is 2. The zero-order chi connectivity index (χ0) is 14.8. The number of aromatic amines is 1. The molecule has 4 N–H and O–H groups in total. The largest absolute Gasteiger partial charge is 0.361 e. The highest BCUT2D eigenvalue weighted by Crippen LogP contribution is 2.18. The van der Waals surface area contributed by atoms with Crippen molar-refractivity contribution in [3.05, 3.63) is 36.0 Å². The van der Waals surface area contributed by atoms with Gasteiger partial charge in [-0.25, -0.2) is 0 Å². The summed E-state index contributed by atoms with van der Waals surface area (Å²) in [7, 11) is 2.07. The minimum absolute atomic E-state index is 0.0550. The zero-order valence-corrected chi connectivity index (χ0v) is 12.3. The summed E-state index contributed by atoms with van der Waals surface area (Å²) in [6.45, 7) is 1.94. The van der Waals surface area contributed by atoms with Crippen LogP contribution >= 0.6 is 0 Å². The molecule has 1 aromatic heterocycles. The molecule has 2 aromatic rings. The summed E-state index contributed by atoms with van der Waals surface area (Å²) in [6, 6.07) is 7.80. The van der Waals surface area contributed by atoms with Gasteiger partial charge in [-0.1, -0.05) is 18.2 Å². The second-order valence-electron chi connectivity index (χ2n) is 5.93. The number of rotatable bonds is 4. The number of fused-ring (bicyclic) bond motifs is 1. The van der Waals surface area contributed by atoms with Crippen molar-refractivity contribution >= 4 is 16.8 Å². The molecule has 1 saturated heterocycles. The van der Waals surface area contributed by atoms with E-state index in [1.54, 1.807) is 0 Å². The predicted molar refractivity (Wildman–Crippen MR) is 84.0 cm³/mol. The Labute approximate surface area is 124 Å². The lowest BCUT2D eigenvalue weighted by Gasteiger charge is -2.16. The van der Waals surface area contributed by atoms with Crippen LogP contribution in [-0.2, 0) is 11.2 Å². The Bertz CT molecular complexity index is 636. The molecule has 1 aromatic carbocycles. The minimum Gasteiger partial charge on any atom is -0.361 e. The highest BCUT2D eigenvalue weighted by Gasteiger charge is 2.24. The standard InChI is InChI=1S/C16H22N4O/c1-20-7-6-12(10-20)19-16(21)14(17)8-11-9-18-15-5-3-2-4-13(11)15/h2-5,9,12,14,18H,6-8,10,17H2,1H3,(H,19,21)/t12?,14-/m0/s1. The molecule has 1 unspecified atom stereocenters. The molecule has 0 saturated carbocycles. The number of nitrogens with two attached hydrogens (primary N) is 1. The average molecular weight is 286 g/mol. The van der Waals surface area contributed by atoms with Crippen LogP contribution in [0, 0.1) is 0 Å². The van der Waals surface area contributed by atoms with Gasteiger partial charge in [0.1, 0.15) is 0 Å². The number of nitrogens with zero attached hydrogens (tertiary/aromatic N) is 1. The van der Waals surface area contributed by atoms with E-state index in [0.717, 1.165) is 36.0 Å². The molecule has 3 rings (SSSR count). The quantitative estimate of drug-likeness (QED) is 0.780. The smallest absolute Gasteiger partial charge is 0.237 e. The summed E-state index contributed by atoms with van der Waals surface area (Å²) >= 11 is 0. The molecule has 0 spiro atoms. The Hall–Kier alpha value is -1.85. The molecule has 1 aliphatic heterocycles. The SMILES string of the molecule is CN1CCC(NC(=O)[C@@H](N)Cc2c[nH]c3ccccc23)C1. The molecule has 1 fully saturated rings. The first kappa shape index (κ1) is 14.1. The molecule has 5 heteroatoms. The highest BCUT2D eigenvalue weighted by atomic mass is 16.2. The summed E-state index contributed by atoms with van der Waals surface area (Å²) < 4.78 is 0. The van der Waals surface area contributed by atoms with Crippen molar-refractivity contribution in [3.63, 3.8) is 0 Å². The van der Waals surface area contributed by atoms with E-state index in [2.05, 4.69) is 28.3 Å². The van der Waals surface area contributed by atoms with Gasteiger partial charge in [0.15, 0.2) is 0 Å². The third kappa shape index (κ3) is 3.09. The number of amides is 1. The van der Waals surface area contributed by atoms with Crippen molar-refractivity contribution in [1.29, 1.82) is 0 Å². The van der Waals surface area contributed by atoms with E-state index in [4.69, 9.17) is 5.73 Å². The monoisotopic (exact) mass is 286 g/mol. The van der Waals surface area contributed by atoms with Crippen LogP contribution in [-0.4, -0.2) is 48.0 Å². The second-order valence-corrected chi connectivity index (χ2v) is 5.93. The van der Waals surface area contributed by atoms with Crippen LogP contribution in [0.1, 0.15) is 12.0 Å². The van der Waals surface area contributed by atoms with Gasteiger partial charge in [0.2, 0.25) is 5.91 Å². The minimum atomic E-state index is -0.505. The van der Waals surface area contributed by atoms with Gasteiger partial charge < -0.3 is 20.9 Å². The van der Waals surface area contributed by atoms with Gasteiger partial charge in [-0.3, -0.25) is 4.79 Å². The molecule has 0 bridgehead atoms. The molecule has 112 valence electrons. The van der Waals surface area contributed by atoms with Crippen molar-refractivity contribution in [2.75, 3.05) is 20.1 Å². The lowest BCUT2D eigenvalue weighted by atomic mass is 10.0. The molecule has 1 aliphatic rings. The first-order valence-electron chi connectivity index (χ1n) is 7.43. The van der Waals surface area contributed by atoms with Crippen LogP contribution < -0.4 is 11.1 Å². The Morgan fingerprint density at radius 3 is 3.10 bits per heavy atom. The second kappa shape index (κ2) is 5.87. The Balaban J connectivity index is 1.63. The van der Waals surface area contributed by atoms with E-state index in [9.17, 15) is 4.79 Å². The summed E-state index contributed by atoms with van der Waals surface area (Å²) in [4.78, 5) is 17.6. The van der Waals surface area contributed by atoms with E-state index in [1.165, 1.54) is 0 Å².